The van der Waals surface area contributed by atoms with Crippen LogP contribution in [-0.2, 0) is 17.9 Å². The molecule has 3 aromatic heterocycles. The van der Waals surface area contributed by atoms with Crippen molar-refractivity contribution in [3.63, 3.8) is 0 Å². The van der Waals surface area contributed by atoms with Crippen LogP contribution in [0.3, 0.4) is 0 Å². The van der Waals surface area contributed by atoms with Gasteiger partial charge in [0.15, 0.2) is 5.16 Å². The summed E-state index contributed by atoms with van der Waals surface area (Å²) in [5.74, 6) is 0.194. The number of benzene rings is 1. The highest BCUT2D eigenvalue weighted by molar-refractivity contribution is 7.99. The number of hydrogen-bond donors (Lipinski definition) is 0. The van der Waals surface area contributed by atoms with Crippen LogP contribution in [0.15, 0.2) is 75.6 Å². The third-order valence-corrected chi connectivity index (χ3v) is 6.33. The Morgan fingerprint density at radius 3 is 2.80 bits per heavy atom. The highest BCUT2D eigenvalue weighted by Gasteiger charge is 2.16. The molecule has 0 aliphatic heterocycles. The van der Waals surface area contributed by atoms with Gasteiger partial charge in [-0.05, 0) is 46.2 Å². The van der Waals surface area contributed by atoms with Gasteiger partial charge in [0, 0.05) is 26.0 Å². The number of para-hydroxylation sites is 1. The molecule has 4 rings (SSSR count). The minimum Gasteiger partial charge on any atom is -0.341 e. The largest absolute Gasteiger partial charge is 0.341 e. The molecule has 0 spiro atoms. The lowest BCUT2D eigenvalue weighted by Crippen LogP contribution is -2.29. The lowest BCUT2D eigenvalue weighted by Gasteiger charge is -2.17. The molecular formula is C22H20N4O2S2. The quantitative estimate of drug-likeness (QED) is 0.327. The molecule has 0 aliphatic carbocycles. The van der Waals surface area contributed by atoms with Crippen LogP contribution < -0.4 is 5.56 Å². The zero-order valence-electron chi connectivity index (χ0n) is 16.4. The molecule has 0 bridgehead atoms. The van der Waals surface area contributed by atoms with Gasteiger partial charge in [0.1, 0.15) is 0 Å². The number of fused-ring (bicyclic) bond motifs is 1. The first-order chi connectivity index (χ1) is 14.6. The van der Waals surface area contributed by atoms with E-state index in [0.29, 0.717) is 29.1 Å². The SMILES string of the molecule is CN(Cc1ccsc1)C(=O)CSc1nc2ccccc2c(=O)n1Cc1cccnc1. The maximum atomic E-state index is 13.1. The fourth-order valence-corrected chi connectivity index (χ4v) is 4.65. The van der Waals surface area contributed by atoms with Crippen molar-refractivity contribution in [1.82, 2.24) is 19.4 Å². The molecule has 0 radical (unpaired) electrons. The molecular weight excluding hydrogens is 416 g/mol. The van der Waals surface area contributed by atoms with E-state index in [2.05, 4.69) is 9.97 Å². The summed E-state index contributed by atoms with van der Waals surface area (Å²) in [6.07, 6.45) is 3.43. The van der Waals surface area contributed by atoms with Crippen molar-refractivity contribution in [1.29, 1.82) is 0 Å². The molecule has 152 valence electrons. The van der Waals surface area contributed by atoms with Crippen LogP contribution >= 0.6 is 23.1 Å². The van der Waals surface area contributed by atoms with E-state index in [0.717, 1.165) is 11.1 Å². The molecule has 0 aliphatic rings. The highest BCUT2D eigenvalue weighted by Crippen LogP contribution is 2.20. The van der Waals surface area contributed by atoms with Gasteiger partial charge in [0.25, 0.3) is 5.56 Å². The van der Waals surface area contributed by atoms with Gasteiger partial charge >= 0.3 is 0 Å². The van der Waals surface area contributed by atoms with Gasteiger partial charge in [-0.25, -0.2) is 4.98 Å². The maximum absolute atomic E-state index is 13.1. The normalized spacial score (nSPS) is 11.0. The van der Waals surface area contributed by atoms with Gasteiger partial charge in [-0.3, -0.25) is 19.1 Å². The molecule has 1 amide bonds. The molecule has 3 heterocycles. The summed E-state index contributed by atoms with van der Waals surface area (Å²) in [5.41, 5.74) is 2.52. The number of carbonyl (C=O) groups is 1. The van der Waals surface area contributed by atoms with E-state index in [1.165, 1.54) is 11.8 Å². The van der Waals surface area contributed by atoms with Gasteiger partial charge in [0.2, 0.25) is 5.91 Å². The van der Waals surface area contributed by atoms with Crippen LogP contribution in [0.4, 0.5) is 0 Å². The summed E-state index contributed by atoms with van der Waals surface area (Å²) in [6, 6.07) is 13.0. The molecule has 0 saturated heterocycles. The van der Waals surface area contributed by atoms with E-state index >= 15 is 0 Å². The minimum absolute atomic E-state index is 0.0125. The van der Waals surface area contributed by atoms with Crippen LogP contribution in [0.25, 0.3) is 10.9 Å². The van der Waals surface area contributed by atoms with Crippen molar-refractivity contribution < 1.29 is 4.79 Å². The van der Waals surface area contributed by atoms with Crippen LogP contribution in [-0.4, -0.2) is 38.1 Å². The Balaban J connectivity index is 1.59. The Morgan fingerprint density at radius 1 is 1.17 bits per heavy atom. The first-order valence-electron chi connectivity index (χ1n) is 9.38. The third kappa shape index (κ3) is 4.60. The van der Waals surface area contributed by atoms with Gasteiger partial charge in [-0.1, -0.05) is 30.0 Å². The molecule has 0 N–H and O–H groups in total. The van der Waals surface area contributed by atoms with Gasteiger partial charge < -0.3 is 4.90 Å². The molecule has 1 aromatic carbocycles. The van der Waals surface area contributed by atoms with E-state index in [-0.39, 0.29) is 17.2 Å². The van der Waals surface area contributed by atoms with Crippen molar-refractivity contribution in [2.45, 2.75) is 18.2 Å². The Kier molecular flexibility index (Phi) is 6.25. The average molecular weight is 437 g/mol. The van der Waals surface area contributed by atoms with E-state index in [4.69, 9.17) is 0 Å². The van der Waals surface area contributed by atoms with E-state index in [9.17, 15) is 9.59 Å². The topological polar surface area (TPSA) is 68.1 Å². The van der Waals surface area contributed by atoms with Crippen LogP contribution in [0.2, 0.25) is 0 Å². The van der Waals surface area contributed by atoms with Crippen LogP contribution in [0, 0.1) is 0 Å². The number of thioether (sulfide) groups is 1. The molecule has 0 unspecified atom stereocenters. The number of aromatic nitrogens is 3. The number of carbonyl (C=O) groups excluding carboxylic acids is 1. The van der Waals surface area contributed by atoms with Gasteiger partial charge in [0.05, 0.1) is 23.2 Å². The summed E-state index contributed by atoms with van der Waals surface area (Å²) in [4.78, 5) is 36.3. The summed E-state index contributed by atoms with van der Waals surface area (Å²) in [5, 5.41) is 5.12. The van der Waals surface area contributed by atoms with Gasteiger partial charge in [-0.2, -0.15) is 11.3 Å². The van der Waals surface area contributed by atoms with Crippen LogP contribution in [0.1, 0.15) is 11.1 Å². The molecule has 0 atom stereocenters. The van der Waals surface area contributed by atoms with Crippen molar-refractivity contribution in [3.05, 3.63) is 87.1 Å². The zero-order chi connectivity index (χ0) is 20.9. The van der Waals surface area contributed by atoms with Gasteiger partial charge in [-0.15, -0.1) is 0 Å². The fraction of sp³-hybridized carbons (Fsp3) is 0.182. The Hall–Kier alpha value is -2.97. The second-order valence-electron chi connectivity index (χ2n) is 6.83. The number of nitrogens with zero attached hydrogens (tertiary/aromatic N) is 4. The first-order valence-corrected chi connectivity index (χ1v) is 11.3. The summed E-state index contributed by atoms with van der Waals surface area (Å²) in [7, 11) is 1.79. The van der Waals surface area contributed by atoms with Crippen molar-refractivity contribution in [2.75, 3.05) is 12.8 Å². The number of rotatable bonds is 7. The predicted molar refractivity (Wildman–Crippen MR) is 121 cm³/mol. The second kappa shape index (κ2) is 9.23. The van der Waals surface area contributed by atoms with E-state index in [1.807, 2.05) is 47.2 Å². The van der Waals surface area contributed by atoms with E-state index in [1.54, 1.807) is 46.3 Å². The fourth-order valence-electron chi connectivity index (χ4n) is 3.05. The number of pyridine rings is 1. The van der Waals surface area contributed by atoms with Crippen molar-refractivity contribution in [3.8, 4) is 0 Å². The summed E-state index contributed by atoms with van der Waals surface area (Å²) >= 11 is 2.90. The zero-order valence-corrected chi connectivity index (χ0v) is 18.0. The second-order valence-corrected chi connectivity index (χ2v) is 8.56. The molecule has 0 fully saturated rings. The lowest BCUT2D eigenvalue weighted by atomic mass is 10.2. The Bertz CT molecular complexity index is 1210. The Morgan fingerprint density at radius 2 is 2.03 bits per heavy atom. The molecule has 0 saturated carbocycles. The monoisotopic (exact) mass is 436 g/mol. The number of hydrogen-bond acceptors (Lipinski definition) is 6. The summed E-state index contributed by atoms with van der Waals surface area (Å²) < 4.78 is 1.62. The van der Waals surface area contributed by atoms with Crippen LogP contribution in [0.5, 0.6) is 0 Å². The first kappa shape index (κ1) is 20.3. The number of amides is 1. The van der Waals surface area contributed by atoms with E-state index < -0.39 is 0 Å². The number of thiophene rings is 1. The minimum atomic E-state index is -0.119. The molecule has 30 heavy (non-hydrogen) atoms. The Labute approximate surface area is 182 Å². The van der Waals surface area contributed by atoms with Crippen molar-refractivity contribution in [2.24, 2.45) is 0 Å². The highest BCUT2D eigenvalue weighted by atomic mass is 32.2. The average Bonchev–Trinajstić information content (AvgIpc) is 3.28. The maximum Gasteiger partial charge on any atom is 0.262 e. The molecule has 6 nitrogen and oxygen atoms in total. The smallest absolute Gasteiger partial charge is 0.262 e. The molecule has 8 heteroatoms. The standard InChI is InChI=1S/C22H20N4O2S2/c1-25(12-17-8-10-29-14-17)20(27)15-30-22-24-19-7-3-2-6-18(19)21(28)26(22)13-16-5-4-9-23-11-16/h2-11,14H,12-13,15H2,1H3. The summed E-state index contributed by atoms with van der Waals surface area (Å²) in [6.45, 7) is 0.919. The lowest BCUT2D eigenvalue weighted by molar-refractivity contribution is -0.127. The predicted octanol–water partition coefficient (Wildman–Crippen LogP) is 3.65. The molecule has 4 aromatic rings. The van der Waals surface area contributed by atoms with Crippen molar-refractivity contribution >= 4 is 39.9 Å². The third-order valence-electron chi connectivity index (χ3n) is 4.64.